The SMILES string of the molecule is O=S1(=O)CCN2c3c(cccc3C3CNCCC32)C1. The van der Waals surface area contributed by atoms with Crippen LogP contribution in [0.3, 0.4) is 0 Å². The zero-order valence-electron chi connectivity index (χ0n) is 10.8. The molecule has 2 unspecified atom stereocenters. The van der Waals surface area contributed by atoms with Crippen LogP contribution in [0.4, 0.5) is 5.69 Å². The molecular formula is C14H18N2O2S. The van der Waals surface area contributed by atoms with Crippen LogP contribution in [0.5, 0.6) is 0 Å². The van der Waals surface area contributed by atoms with E-state index in [1.807, 2.05) is 12.1 Å². The molecule has 3 aliphatic heterocycles. The average molecular weight is 278 g/mol. The molecule has 1 aromatic rings. The van der Waals surface area contributed by atoms with Gasteiger partial charge >= 0.3 is 0 Å². The van der Waals surface area contributed by atoms with Crippen LogP contribution in [-0.2, 0) is 15.6 Å². The van der Waals surface area contributed by atoms with Gasteiger partial charge in [0.2, 0.25) is 0 Å². The normalized spacial score (nSPS) is 31.5. The summed E-state index contributed by atoms with van der Waals surface area (Å²) in [4.78, 5) is 2.38. The fraction of sp³-hybridized carbons (Fsp3) is 0.571. The lowest BCUT2D eigenvalue weighted by Crippen LogP contribution is -2.45. The Morgan fingerprint density at radius 2 is 2.21 bits per heavy atom. The van der Waals surface area contributed by atoms with Crippen LogP contribution in [0.25, 0.3) is 0 Å². The maximum Gasteiger partial charge on any atom is 0.156 e. The van der Waals surface area contributed by atoms with E-state index in [-0.39, 0.29) is 11.5 Å². The summed E-state index contributed by atoms with van der Waals surface area (Å²) >= 11 is 0. The van der Waals surface area contributed by atoms with E-state index in [0.29, 0.717) is 18.5 Å². The monoisotopic (exact) mass is 278 g/mol. The van der Waals surface area contributed by atoms with Gasteiger partial charge in [-0.05, 0) is 24.1 Å². The van der Waals surface area contributed by atoms with Crippen LogP contribution >= 0.6 is 0 Å². The lowest BCUT2D eigenvalue weighted by atomic mass is 9.90. The Bertz CT molecular complexity index is 626. The molecule has 1 aromatic carbocycles. The number of anilines is 1. The van der Waals surface area contributed by atoms with E-state index in [1.165, 1.54) is 11.3 Å². The summed E-state index contributed by atoms with van der Waals surface area (Å²) < 4.78 is 24.1. The molecule has 3 aliphatic rings. The van der Waals surface area contributed by atoms with E-state index in [2.05, 4.69) is 16.3 Å². The van der Waals surface area contributed by atoms with Crippen molar-refractivity contribution in [2.45, 2.75) is 24.1 Å². The Morgan fingerprint density at radius 3 is 3.11 bits per heavy atom. The molecule has 102 valence electrons. The van der Waals surface area contributed by atoms with E-state index < -0.39 is 9.84 Å². The number of rotatable bonds is 0. The molecule has 19 heavy (non-hydrogen) atoms. The highest BCUT2D eigenvalue weighted by Gasteiger charge is 2.42. The van der Waals surface area contributed by atoms with E-state index >= 15 is 0 Å². The zero-order valence-corrected chi connectivity index (χ0v) is 11.6. The molecule has 2 atom stereocenters. The van der Waals surface area contributed by atoms with Gasteiger partial charge in [0.05, 0.1) is 11.5 Å². The zero-order chi connectivity index (χ0) is 13.0. The third-order valence-electron chi connectivity index (χ3n) is 4.70. The molecule has 0 amide bonds. The maximum atomic E-state index is 12.0. The topological polar surface area (TPSA) is 49.4 Å². The quantitative estimate of drug-likeness (QED) is 0.765. The van der Waals surface area contributed by atoms with Gasteiger partial charge in [-0.25, -0.2) is 8.42 Å². The molecule has 0 saturated carbocycles. The molecule has 1 N–H and O–H groups in total. The number of nitrogens with one attached hydrogen (secondary N) is 1. The summed E-state index contributed by atoms with van der Waals surface area (Å²) in [6, 6.07) is 6.68. The maximum absolute atomic E-state index is 12.0. The molecular weight excluding hydrogens is 260 g/mol. The molecule has 0 aliphatic carbocycles. The molecule has 5 heteroatoms. The minimum absolute atomic E-state index is 0.208. The number of benzene rings is 1. The highest BCUT2D eigenvalue weighted by Crippen LogP contribution is 2.46. The van der Waals surface area contributed by atoms with Crippen LogP contribution in [0.2, 0.25) is 0 Å². The Balaban J connectivity index is 1.90. The summed E-state index contributed by atoms with van der Waals surface area (Å²) in [5.74, 6) is 1.03. The summed E-state index contributed by atoms with van der Waals surface area (Å²) in [6.07, 6.45) is 1.11. The molecule has 1 fully saturated rings. The summed E-state index contributed by atoms with van der Waals surface area (Å²) in [5, 5.41) is 3.47. The first-order valence-electron chi connectivity index (χ1n) is 6.95. The van der Waals surface area contributed by atoms with Crippen LogP contribution in [0.1, 0.15) is 23.5 Å². The van der Waals surface area contributed by atoms with E-state index in [4.69, 9.17) is 0 Å². The number of nitrogens with zero attached hydrogens (tertiary/aromatic N) is 1. The second kappa shape index (κ2) is 3.96. The highest BCUT2D eigenvalue weighted by atomic mass is 32.2. The molecule has 0 aromatic heterocycles. The molecule has 1 saturated heterocycles. The number of fused-ring (bicyclic) bond motifs is 3. The smallest absolute Gasteiger partial charge is 0.156 e. The van der Waals surface area contributed by atoms with Crippen molar-refractivity contribution in [2.24, 2.45) is 0 Å². The first-order valence-corrected chi connectivity index (χ1v) is 8.77. The summed E-state index contributed by atoms with van der Waals surface area (Å²) in [6.45, 7) is 2.71. The molecule has 0 spiro atoms. The lowest BCUT2D eigenvalue weighted by molar-refractivity contribution is 0.406. The fourth-order valence-electron chi connectivity index (χ4n) is 3.90. The van der Waals surface area contributed by atoms with Crippen molar-refractivity contribution in [3.63, 3.8) is 0 Å². The Labute approximate surface area is 113 Å². The number of hydrogen-bond acceptors (Lipinski definition) is 4. The van der Waals surface area contributed by atoms with Crippen molar-refractivity contribution in [1.29, 1.82) is 0 Å². The van der Waals surface area contributed by atoms with Gasteiger partial charge in [0.15, 0.2) is 9.84 Å². The van der Waals surface area contributed by atoms with E-state index in [1.54, 1.807) is 0 Å². The fourth-order valence-corrected chi connectivity index (χ4v) is 5.23. The van der Waals surface area contributed by atoms with E-state index in [9.17, 15) is 8.42 Å². The van der Waals surface area contributed by atoms with Gasteiger partial charge in [0.1, 0.15) is 0 Å². The molecule has 3 heterocycles. The van der Waals surface area contributed by atoms with Gasteiger partial charge in [0.25, 0.3) is 0 Å². The third-order valence-corrected chi connectivity index (χ3v) is 6.26. The third kappa shape index (κ3) is 1.71. The van der Waals surface area contributed by atoms with Crippen LogP contribution in [-0.4, -0.2) is 39.8 Å². The number of sulfone groups is 1. The van der Waals surface area contributed by atoms with Crippen molar-refractivity contribution in [1.82, 2.24) is 5.32 Å². The number of piperidine rings is 1. The molecule has 4 nitrogen and oxygen atoms in total. The predicted octanol–water partition coefficient (Wildman–Crippen LogP) is 0.881. The van der Waals surface area contributed by atoms with Crippen molar-refractivity contribution in [3.8, 4) is 0 Å². The second-order valence-electron chi connectivity index (χ2n) is 5.81. The first kappa shape index (κ1) is 11.7. The van der Waals surface area contributed by atoms with Gasteiger partial charge in [-0.15, -0.1) is 0 Å². The second-order valence-corrected chi connectivity index (χ2v) is 7.99. The summed E-state index contributed by atoms with van der Waals surface area (Å²) in [5.41, 5.74) is 3.58. The van der Waals surface area contributed by atoms with Crippen LogP contribution in [0, 0.1) is 0 Å². The first-order chi connectivity index (χ1) is 9.16. The van der Waals surface area contributed by atoms with Gasteiger partial charge in [-0.2, -0.15) is 0 Å². The van der Waals surface area contributed by atoms with Crippen LogP contribution in [0.15, 0.2) is 18.2 Å². The van der Waals surface area contributed by atoms with Crippen molar-refractivity contribution >= 4 is 15.5 Å². The van der Waals surface area contributed by atoms with Crippen molar-refractivity contribution < 1.29 is 8.42 Å². The van der Waals surface area contributed by atoms with Gasteiger partial charge < -0.3 is 10.2 Å². The Hall–Kier alpha value is -1.07. The average Bonchev–Trinajstić information content (AvgIpc) is 2.63. The Kier molecular flexibility index (Phi) is 2.45. The van der Waals surface area contributed by atoms with Gasteiger partial charge in [-0.3, -0.25) is 0 Å². The molecule has 0 radical (unpaired) electrons. The van der Waals surface area contributed by atoms with E-state index in [0.717, 1.165) is 25.1 Å². The summed E-state index contributed by atoms with van der Waals surface area (Å²) in [7, 11) is -2.94. The van der Waals surface area contributed by atoms with Gasteiger partial charge in [-0.1, -0.05) is 18.2 Å². The standard InChI is InChI=1S/C14H18N2O2S/c17-19(18)7-6-16-13-4-5-15-8-12(13)11-3-1-2-10(9-19)14(11)16/h1-3,12-13,15H,4-9H2. The Morgan fingerprint density at radius 1 is 1.32 bits per heavy atom. The minimum Gasteiger partial charge on any atom is -0.366 e. The number of para-hydroxylation sites is 1. The van der Waals surface area contributed by atoms with Crippen LogP contribution < -0.4 is 10.2 Å². The predicted molar refractivity (Wildman–Crippen MR) is 75.3 cm³/mol. The van der Waals surface area contributed by atoms with Gasteiger partial charge in [0, 0.05) is 30.7 Å². The lowest BCUT2D eigenvalue weighted by Gasteiger charge is -2.33. The molecule has 4 rings (SSSR count). The highest BCUT2D eigenvalue weighted by molar-refractivity contribution is 7.90. The number of hydrogen-bond donors (Lipinski definition) is 1. The molecule has 0 bridgehead atoms. The van der Waals surface area contributed by atoms with Crippen molar-refractivity contribution in [2.75, 3.05) is 30.3 Å². The largest absolute Gasteiger partial charge is 0.366 e. The minimum atomic E-state index is -2.94. The van der Waals surface area contributed by atoms with Crippen molar-refractivity contribution in [3.05, 3.63) is 29.3 Å².